The summed E-state index contributed by atoms with van der Waals surface area (Å²) in [6.07, 6.45) is 5.58. The van der Waals surface area contributed by atoms with Crippen LogP contribution in [-0.4, -0.2) is 71.7 Å². The minimum absolute atomic E-state index is 0.00236. The van der Waals surface area contributed by atoms with E-state index in [0.29, 0.717) is 23.9 Å². The van der Waals surface area contributed by atoms with E-state index in [1.165, 1.54) is 6.92 Å². The molecule has 43 heavy (non-hydrogen) atoms. The fraction of sp³-hybridized carbons (Fsp3) is 0.259. The average Bonchev–Trinajstić information content (AvgIpc) is 3.49. The number of aromatic nitrogens is 2. The Morgan fingerprint density at radius 3 is 2.12 bits per heavy atom. The summed E-state index contributed by atoms with van der Waals surface area (Å²) >= 11 is 0. The number of benzene rings is 2. The Labute approximate surface area is 254 Å². The smallest absolute Gasteiger partial charge is 0.498 e. The molecule has 230 valence electrons. The highest BCUT2D eigenvalue weighted by molar-refractivity contribution is 6.93. The maximum atomic E-state index is 12.0. The molecule has 16 heteroatoms. The molecule has 2 heterocycles. The van der Waals surface area contributed by atoms with Gasteiger partial charge in [-0.3, -0.25) is 0 Å². The third-order valence-electron chi connectivity index (χ3n) is 6.27. The summed E-state index contributed by atoms with van der Waals surface area (Å²) in [4.78, 5) is 51.3. The van der Waals surface area contributed by atoms with E-state index in [4.69, 9.17) is 25.6 Å². The van der Waals surface area contributed by atoms with Crippen molar-refractivity contribution >= 4 is 46.4 Å². The molecular formula is C27H36N2O10Si4. The maximum absolute atomic E-state index is 12.0. The van der Waals surface area contributed by atoms with Crippen molar-refractivity contribution in [3.8, 4) is 5.75 Å². The molecule has 0 radical (unpaired) electrons. The van der Waals surface area contributed by atoms with Crippen molar-refractivity contribution in [3.05, 3.63) is 104 Å². The van der Waals surface area contributed by atoms with Gasteiger partial charge in [-0.2, -0.15) is 0 Å². The molecule has 0 spiro atoms. The molecule has 3 N–H and O–H groups in total. The lowest BCUT2D eigenvalue weighted by molar-refractivity contribution is -0.139. The van der Waals surface area contributed by atoms with Crippen LogP contribution in [-0.2, 0) is 32.5 Å². The van der Waals surface area contributed by atoms with Gasteiger partial charge in [0.15, 0.2) is 0 Å². The number of hydrogen-bond donors (Lipinski definition) is 3. The number of nitrogens with zero attached hydrogens (tertiary/aromatic N) is 2. The lowest BCUT2D eigenvalue weighted by Crippen LogP contribution is -2.75. The van der Waals surface area contributed by atoms with Crippen molar-refractivity contribution in [2.45, 2.75) is 38.4 Å². The first-order valence-corrected chi connectivity index (χ1v) is 21.2. The molecule has 1 aromatic heterocycles. The number of ether oxygens (including phenoxy) is 1. The minimum atomic E-state index is -4.47. The molecule has 1 saturated heterocycles. The number of rotatable bonds is 13. The van der Waals surface area contributed by atoms with Crippen LogP contribution in [0.25, 0.3) is 0 Å². The van der Waals surface area contributed by atoms with E-state index in [1.807, 2.05) is 10.6 Å². The Bertz CT molecular complexity index is 1370. The third kappa shape index (κ3) is 9.00. The molecule has 4 rings (SSSR count). The van der Waals surface area contributed by atoms with Gasteiger partial charge in [0, 0.05) is 41.8 Å². The van der Waals surface area contributed by atoms with Gasteiger partial charge in [0.25, 0.3) is 0 Å². The maximum Gasteiger partial charge on any atom is 0.588 e. The number of imidazole rings is 1. The monoisotopic (exact) mass is 660 g/mol. The second kappa shape index (κ2) is 14.2. The van der Waals surface area contributed by atoms with E-state index >= 15 is 0 Å². The Balaban J connectivity index is 1.73. The van der Waals surface area contributed by atoms with Gasteiger partial charge in [-0.15, -0.1) is 0 Å². The van der Waals surface area contributed by atoms with E-state index in [1.54, 1.807) is 73.3 Å². The second-order valence-corrected chi connectivity index (χ2v) is 20.6. The molecule has 2 aromatic carbocycles. The van der Waals surface area contributed by atoms with Crippen molar-refractivity contribution in [2.24, 2.45) is 0 Å². The first-order valence-electron chi connectivity index (χ1n) is 13.7. The zero-order chi connectivity index (χ0) is 31.0. The number of carbonyl (C=O) groups is 1. The molecule has 4 atom stereocenters. The largest absolute Gasteiger partial charge is 0.588 e. The van der Waals surface area contributed by atoms with Crippen LogP contribution in [0.1, 0.15) is 19.8 Å². The van der Waals surface area contributed by atoms with Crippen molar-refractivity contribution in [1.29, 1.82) is 0 Å². The molecular weight excluding hydrogens is 625 g/mol. The fourth-order valence-corrected chi connectivity index (χ4v) is 19.4. The van der Waals surface area contributed by atoms with Crippen LogP contribution < -0.4 is 9.61 Å². The van der Waals surface area contributed by atoms with Crippen LogP contribution in [0.4, 0.5) is 0 Å². The highest BCUT2D eigenvalue weighted by Crippen LogP contribution is 2.34. The van der Waals surface area contributed by atoms with Gasteiger partial charge in [0.2, 0.25) is 0 Å². The lowest BCUT2D eigenvalue weighted by Gasteiger charge is -2.45. The number of aryl methyl sites for hydroxylation is 1. The SMILES string of the molecule is C=C[Si]1(O)O[Si](O)(CCCOC(=O)C(=C)C)O[Si](Oc2ccccc2)(c2ccccc2)O[Si](O)(CCCn2ccnc2)O1. The van der Waals surface area contributed by atoms with Crippen LogP contribution in [0.2, 0.25) is 12.1 Å². The molecule has 1 aliphatic rings. The van der Waals surface area contributed by atoms with Crippen LogP contribution in [0, 0.1) is 0 Å². The van der Waals surface area contributed by atoms with Crippen molar-refractivity contribution < 1.29 is 44.8 Å². The topological polar surface area (TPSA) is 151 Å². The zero-order valence-corrected chi connectivity index (χ0v) is 27.8. The molecule has 0 saturated carbocycles. The van der Waals surface area contributed by atoms with Gasteiger partial charge in [-0.1, -0.05) is 61.7 Å². The molecule has 1 aliphatic heterocycles. The summed E-state index contributed by atoms with van der Waals surface area (Å²) in [5.41, 5.74) is 1.27. The van der Waals surface area contributed by atoms with Crippen LogP contribution in [0.15, 0.2) is 104 Å². The van der Waals surface area contributed by atoms with Crippen LogP contribution in [0.3, 0.4) is 0 Å². The van der Waals surface area contributed by atoms with E-state index in [0.717, 1.165) is 5.70 Å². The lowest BCUT2D eigenvalue weighted by atomic mass is 10.3. The summed E-state index contributed by atoms with van der Waals surface area (Å²) in [5, 5.41) is 0.428. The van der Waals surface area contributed by atoms with Crippen LogP contribution in [0.5, 0.6) is 5.75 Å². The Kier molecular flexibility index (Phi) is 10.8. The van der Waals surface area contributed by atoms with E-state index < -0.39 is 41.2 Å². The summed E-state index contributed by atoms with van der Waals surface area (Å²) in [6, 6.07) is 17.3. The Morgan fingerprint density at radius 2 is 1.56 bits per heavy atom. The van der Waals surface area contributed by atoms with Gasteiger partial charge in [-0.05, 0) is 37.6 Å². The van der Waals surface area contributed by atoms with Crippen molar-refractivity contribution in [2.75, 3.05) is 6.61 Å². The van der Waals surface area contributed by atoms with E-state index in [-0.39, 0.29) is 30.7 Å². The Hall–Kier alpha value is -3.01. The third-order valence-corrected chi connectivity index (χ3v) is 19.9. The highest BCUT2D eigenvalue weighted by atomic mass is 28.6. The quantitative estimate of drug-likeness (QED) is 0.107. The molecule has 4 unspecified atom stereocenters. The van der Waals surface area contributed by atoms with Crippen LogP contribution >= 0.6 is 0 Å². The van der Waals surface area contributed by atoms with Crippen molar-refractivity contribution in [3.63, 3.8) is 0 Å². The Morgan fingerprint density at radius 1 is 0.953 bits per heavy atom. The normalized spacial score (nSPS) is 27.4. The van der Waals surface area contributed by atoms with Gasteiger partial charge in [0.1, 0.15) is 5.75 Å². The van der Waals surface area contributed by atoms with Gasteiger partial charge >= 0.3 is 41.2 Å². The predicted octanol–water partition coefficient (Wildman–Crippen LogP) is 2.31. The zero-order valence-electron chi connectivity index (χ0n) is 23.8. The summed E-state index contributed by atoms with van der Waals surface area (Å²) < 4.78 is 38.4. The first kappa shape index (κ1) is 32.9. The van der Waals surface area contributed by atoms with Crippen molar-refractivity contribution in [1.82, 2.24) is 9.55 Å². The number of carbonyl (C=O) groups excluding carboxylic acids is 1. The highest BCUT2D eigenvalue weighted by Gasteiger charge is 2.66. The molecule has 0 aliphatic carbocycles. The van der Waals surface area contributed by atoms with E-state index in [9.17, 15) is 19.2 Å². The van der Waals surface area contributed by atoms with Gasteiger partial charge in [0.05, 0.1) is 12.9 Å². The second-order valence-electron chi connectivity index (χ2n) is 9.93. The number of hydrogen-bond acceptors (Lipinski definition) is 11. The molecule has 0 bridgehead atoms. The standard InChI is InChI=1S/C27H36N2O10Si4/c1-4-40(31)36-41(32,21-11-18-29-19-17-28-23-29)38-43(26-15-9-6-10-16-26,35-25-13-7-5-8-14-25)39-42(33,37-40)22-12-20-34-27(30)24(2)3/h4-10,13-17,19,23,31-33H,1-2,11-12,18,20-22H2,3H3. The van der Waals surface area contributed by atoms with Gasteiger partial charge < -0.3 is 44.6 Å². The molecule has 1 fully saturated rings. The minimum Gasteiger partial charge on any atom is -0.498 e. The summed E-state index contributed by atoms with van der Waals surface area (Å²) in [7, 11) is -17.7. The molecule has 3 aromatic rings. The number of esters is 1. The average molecular weight is 661 g/mol. The first-order chi connectivity index (χ1) is 20.5. The predicted molar refractivity (Wildman–Crippen MR) is 164 cm³/mol. The summed E-state index contributed by atoms with van der Waals surface area (Å²) in [6.45, 7) is 9.14. The van der Waals surface area contributed by atoms with E-state index in [2.05, 4.69) is 18.1 Å². The number of para-hydroxylation sites is 1. The van der Waals surface area contributed by atoms with Gasteiger partial charge in [-0.25, -0.2) is 9.78 Å². The molecule has 0 amide bonds. The summed E-state index contributed by atoms with van der Waals surface area (Å²) in [5.74, 6) is -0.222. The fourth-order valence-electron chi connectivity index (χ4n) is 4.24. The molecule has 12 nitrogen and oxygen atoms in total.